The maximum absolute atomic E-state index is 10.3. The summed E-state index contributed by atoms with van der Waals surface area (Å²) in [6.45, 7) is 5.60. The Morgan fingerprint density at radius 1 is 1.19 bits per heavy atom. The summed E-state index contributed by atoms with van der Waals surface area (Å²) in [6.07, 6.45) is 4.19. The zero-order chi connectivity index (χ0) is 14.8. The number of aromatic nitrogens is 2. The van der Waals surface area contributed by atoms with Crippen LogP contribution in [0.1, 0.15) is 16.8 Å². The lowest BCUT2D eigenvalue weighted by Crippen LogP contribution is -2.22. The van der Waals surface area contributed by atoms with Crippen LogP contribution in [0.2, 0.25) is 0 Å². The first-order valence-electron chi connectivity index (χ1n) is 7.39. The topological polar surface area (TPSA) is 49.2 Å². The van der Waals surface area contributed by atoms with Crippen molar-refractivity contribution in [3.8, 4) is 0 Å². The number of pyridine rings is 2. The molecule has 2 aromatic rings. The summed E-state index contributed by atoms with van der Waals surface area (Å²) in [5.74, 6) is 1.22. The molecule has 4 nitrogen and oxygen atoms in total. The van der Waals surface area contributed by atoms with Gasteiger partial charge in [0, 0.05) is 37.1 Å². The monoisotopic (exact) mass is 283 g/mol. The summed E-state index contributed by atoms with van der Waals surface area (Å²) < 4.78 is 0. The van der Waals surface area contributed by atoms with E-state index in [2.05, 4.69) is 33.9 Å². The van der Waals surface area contributed by atoms with Crippen LogP contribution in [-0.4, -0.2) is 34.3 Å². The molecule has 2 aromatic heterocycles. The van der Waals surface area contributed by atoms with Crippen LogP contribution in [0.3, 0.4) is 0 Å². The normalized spacial score (nSPS) is 21.8. The Balaban J connectivity index is 1.73. The molecule has 0 saturated carbocycles. The number of hydrogen-bond donors (Lipinski definition) is 1. The SMILES string of the molecule is Cc1cc(C)nc(N2C[C@@H](Cc3ccncc3)[C@H](O)C2)c1. The molecule has 110 valence electrons. The molecule has 1 N–H and O–H groups in total. The van der Waals surface area contributed by atoms with Gasteiger partial charge in [-0.3, -0.25) is 4.98 Å². The van der Waals surface area contributed by atoms with E-state index in [-0.39, 0.29) is 12.0 Å². The number of aliphatic hydroxyl groups excluding tert-OH is 1. The van der Waals surface area contributed by atoms with Crippen molar-refractivity contribution >= 4 is 5.82 Å². The zero-order valence-corrected chi connectivity index (χ0v) is 12.5. The molecule has 0 aromatic carbocycles. The summed E-state index contributed by atoms with van der Waals surface area (Å²) in [5.41, 5.74) is 3.46. The lowest BCUT2D eigenvalue weighted by atomic mass is 9.97. The number of aliphatic hydroxyl groups is 1. The molecule has 3 rings (SSSR count). The van der Waals surface area contributed by atoms with Gasteiger partial charge in [0.2, 0.25) is 0 Å². The highest BCUT2D eigenvalue weighted by molar-refractivity contribution is 5.44. The third-order valence-corrected chi connectivity index (χ3v) is 4.06. The van der Waals surface area contributed by atoms with Crippen LogP contribution in [0.15, 0.2) is 36.7 Å². The standard InChI is InChI=1S/C17H21N3O/c1-12-7-13(2)19-17(8-12)20-10-15(16(21)11-20)9-14-3-5-18-6-4-14/h3-8,15-16,21H,9-11H2,1-2H3/t15-,16-/m1/s1. The maximum Gasteiger partial charge on any atom is 0.129 e. The van der Waals surface area contributed by atoms with Gasteiger partial charge < -0.3 is 10.0 Å². The van der Waals surface area contributed by atoms with Crippen LogP contribution in [0.25, 0.3) is 0 Å². The average Bonchev–Trinajstić information content (AvgIpc) is 2.80. The van der Waals surface area contributed by atoms with Gasteiger partial charge in [0.05, 0.1) is 6.10 Å². The van der Waals surface area contributed by atoms with E-state index in [0.717, 1.165) is 24.5 Å². The minimum atomic E-state index is -0.305. The van der Waals surface area contributed by atoms with E-state index >= 15 is 0 Å². The lowest BCUT2D eigenvalue weighted by Gasteiger charge is -2.18. The fourth-order valence-electron chi connectivity index (χ4n) is 3.05. The van der Waals surface area contributed by atoms with Crippen molar-refractivity contribution in [1.82, 2.24) is 9.97 Å². The molecule has 2 atom stereocenters. The number of β-amino-alcohol motifs (C(OH)–C–C–N with tert-alkyl or cyclic N) is 1. The van der Waals surface area contributed by atoms with Gasteiger partial charge in [0.25, 0.3) is 0 Å². The third-order valence-electron chi connectivity index (χ3n) is 4.06. The average molecular weight is 283 g/mol. The Labute approximate surface area is 125 Å². The van der Waals surface area contributed by atoms with E-state index in [4.69, 9.17) is 0 Å². The van der Waals surface area contributed by atoms with Gasteiger partial charge in [-0.05, 0) is 55.7 Å². The third kappa shape index (κ3) is 3.22. The molecular weight excluding hydrogens is 262 g/mol. The first-order valence-corrected chi connectivity index (χ1v) is 7.39. The van der Waals surface area contributed by atoms with E-state index in [0.29, 0.717) is 6.54 Å². The van der Waals surface area contributed by atoms with E-state index in [1.54, 1.807) is 12.4 Å². The van der Waals surface area contributed by atoms with Crippen molar-refractivity contribution in [2.24, 2.45) is 5.92 Å². The Morgan fingerprint density at radius 2 is 1.95 bits per heavy atom. The Kier molecular flexibility index (Phi) is 3.88. The van der Waals surface area contributed by atoms with Crippen molar-refractivity contribution in [2.45, 2.75) is 26.4 Å². The first kappa shape index (κ1) is 14.0. The second-order valence-electron chi connectivity index (χ2n) is 5.94. The van der Waals surface area contributed by atoms with Crippen molar-refractivity contribution < 1.29 is 5.11 Å². The number of rotatable bonds is 3. The molecule has 1 saturated heterocycles. The van der Waals surface area contributed by atoms with Crippen molar-refractivity contribution in [2.75, 3.05) is 18.0 Å². The van der Waals surface area contributed by atoms with E-state index in [1.807, 2.05) is 19.1 Å². The first-order chi connectivity index (χ1) is 10.1. The fraction of sp³-hybridized carbons (Fsp3) is 0.412. The van der Waals surface area contributed by atoms with Crippen LogP contribution in [0.4, 0.5) is 5.82 Å². The lowest BCUT2D eigenvalue weighted by molar-refractivity contribution is 0.148. The molecule has 0 radical (unpaired) electrons. The molecule has 0 amide bonds. The zero-order valence-electron chi connectivity index (χ0n) is 12.5. The summed E-state index contributed by atoms with van der Waals surface area (Å²) in [6, 6.07) is 8.20. The number of anilines is 1. The van der Waals surface area contributed by atoms with E-state index in [1.165, 1.54) is 11.1 Å². The number of aryl methyl sites for hydroxylation is 2. The summed E-state index contributed by atoms with van der Waals surface area (Å²) in [5, 5.41) is 10.3. The second-order valence-corrected chi connectivity index (χ2v) is 5.94. The molecule has 0 aliphatic carbocycles. The number of hydrogen-bond acceptors (Lipinski definition) is 4. The van der Waals surface area contributed by atoms with Crippen LogP contribution >= 0.6 is 0 Å². The maximum atomic E-state index is 10.3. The molecule has 4 heteroatoms. The molecule has 21 heavy (non-hydrogen) atoms. The minimum absolute atomic E-state index is 0.245. The number of nitrogens with zero attached hydrogens (tertiary/aromatic N) is 3. The van der Waals surface area contributed by atoms with Gasteiger partial charge in [-0.25, -0.2) is 4.98 Å². The minimum Gasteiger partial charge on any atom is -0.391 e. The molecule has 0 spiro atoms. The highest BCUT2D eigenvalue weighted by Crippen LogP contribution is 2.26. The molecule has 1 aliphatic rings. The van der Waals surface area contributed by atoms with E-state index in [9.17, 15) is 5.11 Å². The quantitative estimate of drug-likeness (QED) is 0.937. The van der Waals surface area contributed by atoms with Gasteiger partial charge in [0.1, 0.15) is 5.82 Å². The molecule has 1 aliphatic heterocycles. The molecule has 3 heterocycles. The van der Waals surface area contributed by atoms with Crippen LogP contribution in [0, 0.1) is 19.8 Å². The molecule has 1 fully saturated rings. The highest BCUT2D eigenvalue weighted by atomic mass is 16.3. The molecule has 0 unspecified atom stereocenters. The fourth-order valence-corrected chi connectivity index (χ4v) is 3.05. The summed E-state index contributed by atoms with van der Waals surface area (Å²) in [7, 11) is 0. The smallest absolute Gasteiger partial charge is 0.129 e. The van der Waals surface area contributed by atoms with Gasteiger partial charge in [-0.15, -0.1) is 0 Å². The van der Waals surface area contributed by atoms with Crippen LogP contribution < -0.4 is 4.90 Å². The molecule has 0 bridgehead atoms. The van der Waals surface area contributed by atoms with Crippen LogP contribution in [-0.2, 0) is 6.42 Å². The van der Waals surface area contributed by atoms with Gasteiger partial charge >= 0.3 is 0 Å². The summed E-state index contributed by atoms with van der Waals surface area (Å²) in [4.78, 5) is 10.8. The predicted octanol–water partition coefficient (Wildman–Crippen LogP) is 2.13. The van der Waals surface area contributed by atoms with Crippen molar-refractivity contribution in [3.05, 3.63) is 53.5 Å². The predicted molar refractivity (Wildman–Crippen MR) is 83.4 cm³/mol. The molecular formula is C17H21N3O. The highest BCUT2D eigenvalue weighted by Gasteiger charge is 2.32. The Morgan fingerprint density at radius 3 is 2.67 bits per heavy atom. The van der Waals surface area contributed by atoms with Crippen molar-refractivity contribution in [3.63, 3.8) is 0 Å². The second kappa shape index (κ2) is 5.82. The van der Waals surface area contributed by atoms with E-state index < -0.39 is 0 Å². The Hall–Kier alpha value is -1.94. The van der Waals surface area contributed by atoms with Crippen LogP contribution in [0.5, 0.6) is 0 Å². The van der Waals surface area contributed by atoms with Gasteiger partial charge in [-0.1, -0.05) is 0 Å². The van der Waals surface area contributed by atoms with Gasteiger partial charge in [0.15, 0.2) is 0 Å². The van der Waals surface area contributed by atoms with Gasteiger partial charge in [-0.2, -0.15) is 0 Å². The van der Waals surface area contributed by atoms with Crippen molar-refractivity contribution in [1.29, 1.82) is 0 Å². The summed E-state index contributed by atoms with van der Waals surface area (Å²) >= 11 is 0. The Bertz CT molecular complexity index is 594. The largest absolute Gasteiger partial charge is 0.391 e.